The maximum atomic E-state index is 12.5. The molecule has 0 radical (unpaired) electrons. The lowest BCUT2D eigenvalue weighted by atomic mass is 10.0. The van der Waals surface area contributed by atoms with E-state index >= 15 is 0 Å². The molecule has 6 heteroatoms. The van der Waals surface area contributed by atoms with Crippen LogP contribution in [0.15, 0.2) is 36.5 Å². The van der Waals surface area contributed by atoms with Crippen LogP contribution < -0.4 is 5.32 Å². The summed E-state index contributed by atoms with van der Waals surface area (Å²) in [5, 5.41) is 23.3. The van der Waals surface area contributed by atoms with E-state index in [-0.39, 0.29) is 18.5 Å². The number of carbonyl (C=O) groups is 2. The Balaban J connectivity index is 3.39. The monoisotopic (exact) mass is 1150 g/mol. The first-order valence-corrected chi connectivity index (χ1v) is 37.3. The highest BCUT2D eigenvalue weighted by atomic mass is 16.5. The van der Waals surface area contributed by atoms with Crippen LogP contribution in [0.2, 0.25) is 0 Å². The van der Waals surface area contributed by atoms with Crippen molar-refractivity contribution in [3.8, 4) is 0 Å². The Morgan fingerprint density at radius 1 is 0.329 bits per heavy atom. The molecular formula is C76H145NO5. The van der Waals surface area contributed by atoms with Gasteiger partial charge in [-0.25, -0.2) is 0 Å². The summed E-state index contributed by atoms with van der Waals surface area (Å²) >= 11 is 0. The molecule has 0 aromatic carbocycles. The Labute approximate surface area is 513 Å². The largest absolute Gasteiger partial charge is 0.466 e. The second-order valence-corrected chi connectivity index (χ2v) is 25.6. The minimum Gasteiger partial charge on any atom is -0.466 e. The smallest absolute Gasteiger partial charge is 0.305 e. The van der Waals surface area contributed by atoms with Crippen molar-refractivity contribution in [3.63, 3.8) is 0 Å². The van der Waals surface area contributed by atoms with Crippen LogP contribution in [0.4, 0.5) is 0 Å². The van der Waals surface area contributed by atoms with Gasteiger partial charge in [-0.1, -0.05) is 352 Å². The zero-order valence-corrected chi connectivity index (χ0v) is 55.5. The predicted octanol–water partition coefficient (Wildman–Crippen LogP) is 24.3. The number of unbranched alkanes of at least 4 members (excludes halogenated alkanes) is 55. The van der Waals surface area contributed by atoms with Gasteiger partial charge in [0, 0.05) is 12.8 Å². The van der Waals surface area contributed by atoms with Gasteiger partial charge in [0.25, 0.3) is 0 Å². The summed E-state index contributed by atoms with van der Waals surface area (Å²) in [5.41, 5.74) is 0. The molecule has 3 N–H and O–H groups in total. The molecule has 0 aliphatic heterocycles. The van der Waals surface area contributed by atoms with Crippen molar-refractivity contribution in [2.24, 2.45) is 0 Å². The van der Waals surface area contributed by atoms with Crippen molar-refractivity contribution < 1.29 is 24.5 Å². The van der Waals surface area contributed by atoms with E-state index in [1.165, 1.54) is 340 Å². The lowest BCUT2D eigenvalue weighted by molar-refractivity contribution is -0.143. The zero-order chi connectivity index (χ0) is 59.2. The summed E-state index contributed by atoms with van der Waals surface area (Å²) in [6.07, 6.45) is 92.4. The maximum Gasteiger partial charge on any atom is 0.305 e. The fraction of sp³-hybridized carbons (Fsp3) is 0.895. The van der Waals surface area contributed by atoms with Crippen LogP contribution in [-0.2, 0) is 14.3 Å². The maximum absolute atomic E-state index is 12.5. The third-order valence-corrected chi connectivity index (χ3v) is 17.4. The topological polar surface area (TPSA) is 95.9 Å². The number of allylic oxidation sites excluding steroid dienone is 5. The summed E-state index contributed by atoms with van der Waals surface area (Å²) < 4.78 is 5.49. The number of hydrogen-bond acceptors (Lipinski definition) is 5. The molecule has 0 bridgehead atoms. The van der Waals surface area contributed by atoms with Gasteiger partial charge in [0.15, 0.2) is 0 Å². The lowest BCUT2D eigenvalue weighted by Crippen LogP contribution is -2.45. The van der Waals surface area contributed by atoms with Crippen molar-refractivity contribution in [1.82, 2.24) is 5.32 Å². The van der Waals surface area contributed by atoms with Gasteiger partial charge in [-0.05, 0) is 83.5 Å². The van der Waals surface area contributed by atoms with E-state index in [4.69, 9.17) is 4.74 Å². The number of amides is 1. The van der Waals surface area contributed by atoms with Crippen LogP contribution in [0, 0.1) is 0 Å². The Morgan fingerprint density at radius 2 is 0.573 bits per heavy atom. The summed E-state index contributed by atoms with van der Waals surface area (Å²) in [7, 11) is 0. The van der Waals surface area contributed by atoms with E-state index in [1.807, 2.05) is 6.08 Å². The first-order chi connectivity index (χ1) is 40.5. The van der Waals surface area contributed by atoms with E-state index in [2.05, 4.69) is 43.5 Å². The Hall–Kier alpha value is -1.92. The number of esters is 1. The highest BCUT2D eigenvalue weighted by Crippen LogP contribution is 2.19. The van der Waals surface area contributed by atoms with Gasteiger partial charge < -0.3 is 20.3 Å². The molecular weight excluding hydrogens is 1010 g/mol. The quantitative estimate of drug-likeness (QED) is 0.0320. The summed E-state index contributed by atoms with van der Waals surface area (Å²) in [5.74, 6) is -0.0537. The van der Waals surface area contributed by atoms with E-state index < -0.39 is 12.1 Å². The van der Waals surface area contributed by atoms with Gasteiger partial charge in [-0.3, -0.25) is 9.59 Å². The normalized spacial score (nSPS) is 12.7. The molecule has 0 rings (SSSR count). The summed E-state index contributed by atoms with van der Waals surface area (Å²) in [4.78, 5) is 24.6. The number of hydrogen-bond donors (Lipinski definition) is 3. The highest BCUT2D eigenvalue weighted by Gasteiger charge is 2.18. The molecule has 0 aromatic heterocycles. The predicted molar refractivity (Wildman–Crippen MR) is 361 cm³/mol. The fourth-order valence-electron chi connectivity index (χ4n) is 11.7. The number of nitrogens with one attached hydrogen (secondary N) is 1. The third-order valence-electron chi connectivity index (χ3n) is 17.4. The summed E-state index contributed by atoms with van der Waals surface area (Å²) in [6, 6.07) is -0.628. The van der Waals surface area contributed by atoms with Gasteiger partial charge in [0.2, 0.25) is 5.91 Å². The van der Waals surface area contributed by atoms with Gasteiger partial charge in [-0.2, -0.15) is 0 Å². The van der Waals surface area contributed by atoms with Crippen LogP contribution in [0.3, 0.4) is 0 Å². The molecule has 484 valence electrons. The molecule has 1 amide bonds. The van der Waals surface area contributed by atoms with Gasteiger partial charge in [-0.15, -0.1) is 0 Å². The SMILES string of the molecule is CCCCCCC/C=C\CCCCCCCC(=O)OCCCCCCCCCCCCCC/C=C\CCCCCCCCCCCCCCCCC(=O)NC(CO)C(O)/C=C/CCCCCCCCCCCCCCCCCCCCC. The molecule has 2 unspecified atom stereocenters. The third kappa shape index (κ3) is 67.2. The standard InChI is InChI=1S/C76H145NO5/c1-3-5-7-9-11-13-15-17-19-20-21-32-35-38-41-44-48-52-56-60-64-68-74(79)73(72-78)77-75(80)69-65-61-57-53-49-45-42-39-36-33-30-28-26-24-22-23-25-27-29-31-34-37-40-43-47-51-55-59-63-67-71-82-76(81)70-66-62-58-54-50-46-18-16-14-12-10-8-6-4-2/h16,18,23,25,64,68,73-74,78-79H,3-15,17,19-22,24,26-63,65-67,69-72H2,1-2H3,(H,77,80)/b18-16-,25-23-,68-64+. The summed E-state index contributed by atoms with van der Waals surface area (Å²) in [6.45, 7) is 4.93. The number of aliphatic hydroxyl groups is 2. The molecule has 0 aromatic rings. The van der Waals surface area contributed by atoms with Crippen LogP contribution in [-0.4, -0.2) is 47.4 Å². The van der Waals surface area contributed by atoms with Gasteiger partial charge in [0.1, 0.15) is 0 Å². The minimum absolute atomic E-state index is 0.00876. The molecule has 6 nitrogen and oxygen atoms in total. The number of rotatable bonds is 70. The number of aliphatic hydroxyl groups excluding tert-OH is 2. The van der Waals surface area contributed by atoms with E-state index in [1.54, 1.807) is 6.08 Å². The molecule has 82 heavy (non-hydrogen) atoms. The second-order valence-electron chi connectivity index (χ2n) is 25.6. The number of ether oxygens (including phenoxy) is 1. The molecule has 2 atom stereocenters. The van der Waals surface area contributed by atoms with Crippen molar-refractivity contribution in [2.75, 3.05) is 13.2 Å². The van der Waals surface area contributed by atoms with E-state index in [0.29, 0.717) is 19.4 Å². The van der Waals surface area contributed by atoms with Gasteiger partial charge >= 0.3 is 5.97 Å². The first-order valence-electron chi connectivity index (χ1n) is 37.3. The first kappa shape index (κ1) is 80.1. The van der Waals surface area contributed by atoms with Crippen LogP contribution >= 0.6 is 0 Å². The minimum atomic E-state index is -0.845. The molecule has 0 spiro atoms. The zero-order valence-electron chi connectivity index (χ0n) is 55.5. The molecule has 0 aliphatic rings. The van der Waals surface area contributed by atoms with Crippen LogP contribution in [0.25, 0.3) is 0 Å². The molecule has 0 heterocycles. The van der Waals surface area contributed by atoms with Crippen molar-refractivity contribution >= 4 is 11.9 Å². The van der Waals surface area contributed by atoms with Crippen molar-refractivity contribution in [1.29, 1.82) is 0 Å². The average Bonchev–Trinajstić information content (AvgIpc) is 3.48. The Morgan fingerprint density at radius 3 is 0.866 bits per heavy atom. The van der Waals surface area contributed by atoms with Crippen LogP contribution in [0.5, 0.6) is 0 Å². The second kappa shape index (κ2) is 71.6. The Bertz CT molecular complexity index is 1330. The van der Waals surface area contributed by atoms with E-state index in [0.717, 1.165) is 44.9 Å². The highest BCUT2D eigenvalue weighted by molar-refractivity contribution is 5.76. The van der Waals surface area contributed by atoms with Crippen molar-refractivity contribution in [3.05, 3.63) is 36.5 Å². The molecule has 0 saturated heterocycles. The van der Waals surface area contributed by atoms with E-state index in [9.17, 15) is 19.8 Å². The fourth-order valence-corrected chi connectivity index (χ4v) is 11.7. The van der Waals surface area contributed by atoms with Gasteiger partial charge in [0.05, 0.1) is 25.4 Å². The lowest BCUT2D eigenvalue weighted by Gasteiger charge is -2.20. The molecule has 0 saturated carbocycles. The van der Waals surface area contributed by atoms with Crippen LogP contribution in [0.1, 0.15) is 412 Å². The molecule has 0 aliphatic carbocycles. The average molecular weight is 1150 g/mol. The Kier molecular flexibility index (Phi) is 69.9. The number of carbonyl (C=O) groups excluding carboxylic acids is 2. The van der Waals surface area contributed by atoms with Crippen molar-refractivity contribution in [2.45, 2.75) is 424 Å². The molecule has 0 fully saturated rings.